The van der Waals surface area contributed by atoms with Gasteiger partial charge < -0.3 is 0 Å². The minimum absolute atomic E-state index is 0.340. The lowest BCUT2D eigenvalue weighted by Gasteiger charge is -2.38. The predicted octanol–water partition coefficient (Wildman–Crippen LogP) is 7.53. The van der Waals surface area contributed by atoms with Gasteiger partial charge in [-0.25, -0.2) is 12.7 Å². The molecule has 0 aromatic carbocycles. The first-order chi connectivity index (χ1) is 15.3. The maximum absolute atomic E-state index is 13.8. The Morgan fingerprint density at radius 3 is 1.75 bits per heavy atom. The van der Waals surface area contributed by atoms with Crippen LogP contribution < -0.4 is 0 Å². The maximum Gasteiger partial charge on any atom is 0.223 e. The van der Waals surface area contributed by atoms with Gasteiger partial charge in [-0.3, -0.25) is 0 Å². The summed E-state index contributed by atoms with van der Waals surface area (Å²) in [6.45, 7) is 9.29. The van der Waals surface area contributed by atoms with Crippen LogP contribution in [0, 0.1) is 17.2 Å². The molecule has 5 heteroatoms. The molecule has 0 amide bonds. The van der Waals surface area contributed by atoms with Crippen molar-refractivity contribution in [3.8, 4) is 6.07 Å². The molecule has 0 heterocycles. The van der Waals surface area contributed by atoms with Gasteiger partial charge in [-0.05, 0) is 25.8 Å². The van der Waals surface area contributed by atoms with E-state index in [1.807, 2.05) is 6.92 Å². The summed E-state index contributed by atoms with van der Waals surface area (Å²) in [6.07, 6.45) is 21.7. The van der Waals surface area contributed by atoms with E-state index in [2.05, 4.69) is 19.9 Å². The molecule has 184 valence electrons. The van der Waals surface area contributed by atoms with E-state index in [1.165, 1.54) is 64.2 Å². The second kappa shape index (κ2) is 15.7. The highest BCUT2D eigenvalue weighted by Crippen LogP contribution is 2.38. The molecule has 0 saturated heterocycles. The first kappa shape index (κ1) is 28.9. The van der Waals surface area contributed by atoms with Crippen LogP contribution >= 0.6 is 0 Å². The van der Waals surface area contributed by atoms with E-state index in [1.54, 1.807) is 29.5 Å². The monoisotopic (exact) mass is 464 g/mol. The number of sulfonamides is 1. The quantitative estimate of drug-likeness (QED) is 0.197. The lowest BCUT2D eigenvalue weighted by atomic mass is 9.84. The molecular weight excluding hydrogens is 416 g/mol. The number of allylic oxidation sites excluding steroid dienone is 3. The number of rotatable bonds is 18. The fourth-order valence-corrected chi connectivity index (χ4v) is 6.62. The van der Waals surface area contributed by atoms with E-state index in [4.69, 9.17) is 0 Å². The molecule has 0 bridgehead atoms. The molecule has 0 N–H and O–H groups in total. The van der Waals surface area contributed by atoms with Gasteiger partial charge in [-0.1, -0.05) is 110 Å². The molecule has 2 atom stereocenters. The van der Waals surface area contributed by atoms with Crippen LogP contribution in [0.25, 0.3) is 0 Å². The number of nitriles is 1. The minimum Gasteiger partial charge on any atom is -0.211 e. The summed E-state index contributed by atoms with van der Waals surface area (Å²) >= 11 is 0. The molecular formula is C27H48N2O2S. The molecule has 0 aromatic heterocycles. The van der Waals surface area contributed by atoms with Crippen LogP contribution in [-0.4, -0.2) is 30.6 Å². The third-order valence-electron chi connectivity index (χ3n) is 7.08. The van der Waals surface area contributed by atoms with Gasteiger partial charge in [-0.2, -0.15) is 5.26 Å². The highest BCUT2D eigenvalue weighted by molar-refractivity contribution is 7.90. The first-order valence-corrected chi connectivity index (χ1v) is 14.6. The Bertz CT molecular complexity index is 702. The Kier molecular flexibility index (Phi) is 14.2. The summed E-state index contributed by atoms with van der Waals surface area (Å²) in [5, 5.41) is 9.46. The van der Waals surface area contributed by atoms with Crippen molar-refractivity contribution in [2.75, 3.05) is 13.1 Å². The molecule has 1 aliphatic rings. The van der Waals surface area contributed by atoms with Crippen LogP contribution in [0.1, 0.15) is 118 Å². The van der Waals surface area contributed by atoms with Gasteiger partial charge in [0.25, 0.3) is 0 Å². The van der Waals surface area contributed by atoms with Crippen molar-refractivity contribution in [2.24, 2.45) is 5.92 Å². The van der Waals surface area contributed by atoms with Crippen molar-refractivity contribution in [2.45, 2.75) is 122 Å². The fourth-order valence-electron chi connectivity index (χ4n) is 4.50. The highest BCUT2D eigenvalue weighted by atomic mass is 32.2. The predicted molar refractivity (Wildman–Crippen MR) is 137 cm³/mol. The largest absolute Gasteiger partial charge is 0.223 e. The summed E-state index contributed by atoms with van der Waals surface area (Å²) in [4.78, 5) is 0. The average molecular weight is 465 g/mol. The van der Waals surface area contributed by atoms with Gasteiger partial charge in [0.1, 0.15) is 4.75 Å². The SMILES string of the molecule is CCCCCCCCCN(CCCCCCCCC)S(=O)(=O)C1(C)C=CC=C(C#N)C1C. The molecule has 0 radical (unpaired) electrons. The van der Waals surface area contributed by atoms with Crippen molar-refractivity contribution >= 4 is 10.0 Å². The topological polar surface area (TPSA) is 61.2 Å². The van der Waals surface area contributed by atoms with Crippen molar-refractivity contribution in [1.82, 2.24) is 4.31 Å². The van der Waals surface area contributed by atoms with Gasteiger partial charge in [-0.15, -0.1) is 0 Å². The summed E-state index contributed by atoms with van der Waals surface area (Å²) < 4.78 is 28.3. The van der Waals surface area contributed by atoms with Gasteiger partial charge in [0.2, 0.25) is 10.0 Å². The van der Waals surface area contributed by atoms with Crippen molar-refractivity contribution in [3.63, 3.8) is 0 Å². The molecule has 0 spiro atoms. The summed E-state index contributed by atoms with van der Waals surface area (Å²) in [5.74, 6) is -0.340. The van der Waals surface area contributed by atoms with E-state index in [9.17, 15) is 13.7 Å². The van der Waals surface area contributed by atoms with Crippen molar-refractivity contribution in [3.05, 3.63) is 23.8 Å². The van der Waals surface area contributed by atoms with Crippen LogP contribution in [0.4, 0.5) is 0 Å². The van der Waals surface area contributed by atoms with Gasteiger partial charge in [0.05, 0.1) is 6.07 Å². The van der Waals surface area contributed by atoms with Crippen molar-refractivity contribution < 1.29 is 8.42 Å². The minimum atomic E-state index is -3.56. The normalized spacial score (nSPS) is 21.0. The van der Waals surface area contributed by atoms with Crippen LogP contribution in [0.15, 0.2) is 23.8 Å². The van der Waals surface area contributed by atoms with E-state index in [0.29, 0.717) is 18.7 Å². The molecule has 0 aromatic rings. The Labute approximate surface area is 199 Å². The zero-order valence-corrected chi connectivity index (χ0v) is 22.1. The molecule has 1 aliphatic carbocycles. The van der Waals surface area contributed by atoms with Gasteiger partial charge in [0, 0.05) is 24.6 Å². The summed E-state index contributed by atoms with van der Waals surface area (Å²) in [6, 6.07) is 2.20. The second-order valence-corrected chi connectivity index (χ2v) is 12.0. The zero-order valence-electron chi connectivity index (χ0n) is 21.2. The van der Waals surface area contributed by atoms with Crippen LogP contribution in [0.5, 0.6) is 0 Å². The highest BCUT2D eigenvalue weighted by Gasteiger charge is 2.47. The Morgan fingerprint density at radius 1 is 0.875 bits per heavy atom. The lowest BCUT2D eigenvalue weighted by Crippen LogP contribution is -2.50. The van der Waals surface area contributed by atoms with Crippen LogP contribution in [-0.2, 0) is 10.0 Å². The second-order valence-electron chi connectivity index (χ2n) is 9.65. The number of nitrogens with zero attached hydrogens (tertiary/aromatic N) is 2. The maximum atomic E-state index is 13.8. The van der Waals surface area contributed by atoms with Gasteiger partial charge >= 0.3 is 0 Å². The smallest absolute Gasteiger partial charge is 0.211 e. The average Bonchev–Trinajstić information content (AvgIpc) is 2.78. The fraction of sp³-hybridized carbons (Fsp3) is 0.815. The third kappa shape index (κ3) is 8.67. The molecule has 0 saturated carbocycles. The molecule has 0 aliphatic heterocycles. The Balaban J connectivity index is 2.76. The molecule has 4 nitrogen and oxygen atoms in total. The van der Waals surface area contributed by atoms with Crippen LogP contribution in [0.3, 0.4) is 0 Å². The zero-order chi connectivity index (χ0) is 23.9. The van der Waals surface area contributed by atoms with E-state index in [0.717, 1.165) is 25.7 Å². The Hall–Kier alpha value is -1.12. The third-order valence-corrected chi connectivity index (χ3v) is 9.72. The molecule has 0 fully saturated rings. The standard InChI is InChI=1S/C27H48N2O2S/c1-5-7-9-11-13-15-17-22-29(23-18-16-14-12-10-8-6-2)32(30,31)27(4)21-19-20-26(24-28)25(27)3/h19-21,25H,5-18,22-23H2,1-4H3. The summed E-state index contributed by atoms with van der Waals surface area (Å²) in [5.41, 5.74) is 0.547. The Morgan fingerprint density at radius 2 is 1.31 bits per heavy atom. The number of hydrogen-bond acceptors (Lipinski definition) is 3. The van der Waals surface area contributed by atoms with E-state index >= 15 is 0 Å². The van der Waals surface area contributed by atoms with E-state index < -0.39 is 14.8 Å². The first-order valence-electron chi connectivity index (χ1n) is 13.1. The number of hydrogen-bond donors (Lipinski definition) is 0. The number of unbranched alkanes of at least 4 members (excludes halogenated alkanes) is 12. The summed E-state index contributed by atoms with van der Waals surface area (Å²) in [7, 11) is -3.56. The van der Waals surface area contributed by atoms with E-state index in [-0.39, 0.29) is 5.92 Å². The van der Waals surface area contributed by atoms with Crippen LogP contribution in [0.2, 0.25) is 0 Å². The molecule has 2 unspecified atom stereocenters. The van der Waals surface area contributed by atoms with Gasteiger partial charge in [0.15, 0.2) is 0 Å². The van der Waals surface area contributed by atoms with Crippen molar-refractivity contribution in [1.29, 1.82) is 5.26 Å². The molecule has 32 heavy (non-hydrogen) atoms. The lowest BCUT2D eigenvalue weighted by molar-refractivity contribution is 0.362. The molecule has 1 rings (SSSR count).